The third-order valence-corrected chi connectivity index (χ3v) is 3.50. The lowest BCUT2D eigenvalue weighted by Gasteiger charge is -2.25. The Hall–Kier alpha value is -2.27. The van der Waals surface area contributed by atoms with E-state index < -0.39 is 0 Å². The van der Waals surface area contributed by atoms with Gasteiger partial charge in [-0.2, -0.15) is 0 Å². The highest BCUT2D eigenvalue weighted by Crippen LogP contribution is 2.33. The highest BCUT2D eigenvalue weighted by molar-refractivity contribution is 5.80. The van der Waals surface area contributed by atoms with Crippen LogP contribution in [0.3, 0.4) is 0 Å². The van der Waals surface area contributed by atoms with E-state index in [0.29, 0.717) is 19.1 Å². The molecule has 0 saturated carbocycles. The largest absolute Gasteiger partial charge is 0.398 e. The van der Waals surface area contributed by atoms with E-state index in [4.69, 9.17) is 16.2 Å². The lowest BCUT2D eigenvalue weighted by molar-refractivity contribution is 0.0686. The quantitative estimate of drug-likeness (QED) is 0.771. The number of nitrogens with one attached hydrogen (secondary N) is 1. The molecule has 0 spiro atoms. The maximum atomic E-state index is 6.02. The van der Waals surface area contributed by atoms with Gasteiger partial charge in [0.2, 0.25) is 0 Å². The fraction of sp³-hybridized carbons (Fsp3) is 0.267. The highest BCUT2D eigenvalue weighted by atomic mass is 16.5. The standard InChI is InChI=1S/C15H18N4O/c16-13-5-6-14(12-4-2-1-3-11(12)13)20-9-10-7-8-18-15(17)19-10/h1-5,7,14H,6,8-9,16H2,(H3,17,18,19). The zero-order valence-electron chi connectivity index (χ0n) is 11.2. The van der Waals surface area contributed by atoms with E-state index in [2.05, 4.69) is 16.4 Å². The molecule has 0 bridgehead atoms. The van der Waals surface area contributed by atoms with Gasteiger partial charge in [-0.15, -0.1) is 0 Å². The van der Waals surface area contributed by atoms with Gasteiger partial charge in [0.15, 0.2) is 5.96 Å². The minimum atomic E-state index is 0.0290. The van der Waals surface area contributed by atoms with Crippen LogP contribution in [0.4, 0.5) is 0 Å². The first-order valence-corrected chi connectivity index (χ1v) is 6.66. The van der Waals surface area contributed by atoms with E-state index in [1.807, 2.05) is 30.4 Å². The monoisotopic (exact) mass is 270 g/mol. The summed E-state index contributed by atoms with van der Waals surface area (Å²) in [6, 6.07) is 8.10. The van der Waals surface area contributed by atoms with Crippen LogP contribution in [0.25, 0.3) is 5.70 Å². The lowest BCUT2D eigenvalue weighted by Crippen LogP contribution is -2.35. The first kappa shape index (κ1) is 12.7. The summed E-state index contributed by atoms with van der Waals surface area (Å²) in [4.78, 5) is 4.05. The summed E-state index contributed by atoms with van der Waals surface area (Å²) in [7, 11) is 0. The van der Waals surface area contributed by atoms with E-state index in [-0.39, 0.29) is 6.10 Å². The number of rotatable bonds is 3. The molecule has 1 unspecified atom stereocenters. The molecule has 1 aromatic carbocycles. The van der Waals surface area contributed by atoms with Gasteiger partial charge in [0, 0.05) is 17.0 Å². The van der Waals surface area contributed by atoms with Gasteiger partial charge in [0.1, 0.15) is 0 Å². The summed E-state index contributed by atoms with van der Waals surface area (Å²) in [5.41, 5.74) is 15.7. The molecular formula is C15H18N4O. The van der Waals surface area contributed by atoms with Gasteiger partial charge in [-0.3, -0.25) is 0 Å². The van der Waals surface area contributed by atoms with Crippen LogP contribution in [0.2, 0.25) is 0 Å². The molecule has 1 heterocycles. The van der Waals surface area contributed by atoms with Gasteiger partial charge in [-0.05, 0) is 18.1 Å². The minimum absolute atomic E-state index is 0.0290. The molecule has 0 amide bonds. The molecule has 1 aromatic rings. The van der Waals surface area contributed by atoms with Crippen molar-refractivity contribution in [1.82, 2.24) is 5.32 Å². The second-order valence-electron chi connectivity index (χ2n) is 4.86. The molecule has 1 aliphatic carbocycles. The summed E-state index contributed by atoms with van der Waals surface area (Å²) in [5.74, 6) is 0.444. The Kier molecular flexibility index (Phi) is 3.43. The number of hydrogen-bond acceptors (Lipinski definition) is 5. The molecule has 5 heteroatoms. The Bertz CT molecular complexity index is 604. The number of guanidine groups is 1. The van der Waals surface area contributed by atoms with E-state index in [1.165, 1.54) is 0 Å². The van der Waals surface area contributed by atoms with Crippen molar-refractivity contribution in [2.45, 2.75) is 12.5 Å². The van der Waals surface area contributed by atoms with Crippen molar-refractivity contribution < 1.29 is 4.74 Å². The van der Waals surface area contributed by atoms with Crippen molar-refractivity contribution in [2.75, 3.05) is 13.2 Å². The molecule has 20 heavy (non-hydrogen) atoms. The Labute approximate surface area is 118 Å². The van der Waals surface area contributed by atoms with Crippen LogP contribution in [0, 0.1) is 0 Å². The lowest BCUT2D eigenvalue weighted by atomic mass is 9.92. The molecule has 2 aliphatic rings. The van der Waals surface area contributed by atoms with Crippen LogP contribution in [-0.2, 0) is 4.74 Å². The average molecular weight is 270 g/mol. The maximum Gasteiger partial charge on any atom is 0.193 e. The first-order chi connectivity index (χ1) is 9.74. The van der Waals surface area contributed by atoms with Gasteiger partial charge in [-0.25, -0.2) is 4.99 Å². The van der Waals surface area contributed by atoms with Crippen molar-refractivity contribution in [2.24, 2.45) is 16.5 Å². The molecule has 1 atom stereocenters. The van der Waals surface area contributed by atoms with Crippen LogP contribution in [0.5, 0.6) is 0 Å². The van der Waals surface area contributed by atoms with Gasteiger partial charge in [0.25, 0.3) is 0 Å². The van der Waals surface area contributed by atoms with Gasteiger partial charge >= 0.3 is 0 Å². The Balaban J connectivity index is 1.69. The molecule has 0 aromatic heterocycles. The summed E-state index contributed by atoms with van der Waals surface area (Å²) < 4.78 is 6.00. The first-order valence-electron chi connectivity index (χ1n) is 6.66. The molecule has 1 aliphatic heterocycles. The minimum Gasteiger partial charge on any atom is -0.398 e. The number of hydrogen-bond donors (Lipinski definition) is 3. The number of fused-ring (bicyclic) bond motifs is 1. The Morgan fingerprint density at radius 2 is 2.10 bits per heavy atom. The van der Waals surface area contributed by atoms with Crippen LogP contribution >= 0.6 is 0 Å². The number of aliphatic imine (C=N–C) groups is 1. The second-order valence-corrected chi connectivity index (χ2v) is 4.86. The van der Waals surface area contributed by atoms with Gasteiger partial charge in [-0.1, -0.05) is 30.3 Å². The molecule has 0 saturated heterocycles. The van der Waals surface area contributed by atoms with E-state index >= 15 is 0 Å². The molecular weight excluding hydrogens is 252 g/mol. The zero-order valence-corrected chi connectivity index (χ0v) is 11.2. The maximum absolute atomic E-state index is 6.02. The van der Waals surface area contributed by atoms with Crippen LogP contribution in [0.1, 0.15) is 23.7 Å². The predicted molar refractivity (Wildman–Crippen MR) is 79.6 cm³/mol. The number of nitrogens with zero attached hydrogens (tertiary/aromatic N) is 1. The molecule has 104 valence electrons. The zero-order chi connectivity index (χ0) is 13.9. The molecule has 5 N–H and O–H groups in total. The predicted octanol–water partition coefficient (Wildman–Crippen LogP) is 1.25. The normalized spacial score (nSPS) is 21.2. The average Bonchev–Trinajstić information content (AvgIpc) is 2.47. The fourth-order valence-electron chi connectivity index (χ4n) is 2.46. The highest BCUT2D eigenvalue weighted by Gasteiger charge is 2.20. The van der Waals surface area contributed by atoms with Crippen molar-refractivity contribution in [1.29, 1.82) is 0 Å². The van der Waals surface area contributed by atoms with Crippen LogP contribution in [-0.4, -0.2) is 19.1 Å². The third kappa shape index (κ3) is 2.53. The van der Waals surface area contributed by atoms with E-state index in [9.17, 15) is 0 Å². The Morgan fingerprint density at radius 3 is 2.95 bits per heavy atom. The Morgan fingerprint density at radius 1 is 1.25 bits per heavy atom. The smallest absolute Gasteiger partial charge is 0.193 e. The summed E-state index contributed by atoms with van der Waals surface area (Å²) in [6.45, 7) is 1.09. The SMILES string of the molecule is NC1=CCC(OCC2=CCN=C(N)N2)c2ccccc21. The van der Waals surface area contributed by atoms with Crippen molar-refractivity contribution in [3.63, 3.8) is 0 Å². The summed E-state index contributed by atoms with van der Waals surface area (Å²) in [5, 5.41) is 3.01. The number of nitrogens with two attached hydrogens (primary N) is 2. The van der Waals surface area contributed by atoms with Crippen LogP contribution < -0.4 is 16.8 Å². The molecule has 3 rings (SSSR count). The third-order valence-electron chi connectivity index (χ3n) is 3.50. The van der Waals surface area contributed by atoms with E-state index in [0.717, 1.165) is 28.9 Å². The van der Waals surface area contributed by atoms with Crippen molar-refractivity contribution in [3.05, 3.63) is 53.2 Å². The summed E-state index contributed by atoms with van der Waals surface area (Å²) in [6.07, 6.45) is 4.82. The van der Waals surface area contributed by atoms with Crippen molar-refractivity contribution in [3.8, 4) is 0 Å². The molecule has 5 nitrogen and oxygen atoms in total. The molecule has 0 radical (unpaired) electrons. The topological polar surface area (TPSA) is 85.7 Å². The van der Waals surface area contributed by atoms with Crippen LogP contribution in [0.15, 0.2) is 47.1 Å². The number of benzene rings is 1. The fourth-order valence-corrected chi connectivity index (χ4v) is 2.46. The second kappa shape index (κ2) is 5.38. The molecule has 0 fully saturated rings. The van der Waals surface area contributed by atoms with Gasteiger partial charge < -0.3 is 21.5 Å². The van der Waals surface area contributed by atoms with Gasteiger partial charge in [0.05, 0.1) is 19.3 Å². The van der Waals surface area contributed by atoms with E-state index in [1.54, 1.807) is 0 Å². The van der Waals surface area contributed by atoms with Crippen molar-refractivity contribution >= 4 is 11.7 Å². The number of ether oxygens (including phenoxy) is 1. The summed E-state index contributed by atoms with van der Waals surface area (Å²) >= 11 is 0.